The molecule has 104 valence electrons. The van der Waals surface area contributed by atoms with Gasteiger partial charge in [0.15, 0.2) is 0 Å². The number of nitrogens with zero attached hydrogens (tertiary/aromatic N) is 1. The van der Waals surface area contributed by atoms with Crippen LogP contribution in [0.5, 0.6) is 0 Å². The van der Waals surface area contributed by atoms with Crippen molar-refractivity contribution in [2.24, 2.45) is 5.73 Å². The van der Waals surface area contributed by atoms with E-state index < -0.39 is 6.03 Å². The molecule has 1 saturated heterocycles. The maximum Gasteiger partial charge on any atom is 0.318 e. The summed E-state index contributed by atoms with van der Waals surface area (Å²) in [5.41, 5.74) is 4.94. The van der Waals surface area contributed by atoms with Crippen molar-refractivity contribution in [1.29, 1.82) is 0 Å². The fraction of sp³-hybridized carbons (Fsp3) is 0.833. The Kier molecular flexibility index (Phi) is 6.07. The lowest BCUT2D eigenvalue weighted by Crippen LogP contribution is -2.54. The topological polar surface area (TPSA) is 87.5 Å². The molecule has 6 nitrogen and oxygen atoms in total. The van der Waals surface area contributed by atoms with Gasteiger partial charge in [-0.3, -0.25) is 15.0 Å². The molecule has 0 aromatic heterocycles. The third kappa shape index (κ3) is 4.62. The zero-order valence-corrected chi connectivity index (χ0v) is 11.2. The van der Waals surface area contributed by atoms with Crippen molar-refractivity contribution in [2.45, 2.75) is 45.2 Å². The fourth-order valence-electron chi connectivity index (χ4n) is 2.60. The number of piperidine rings is 1. The summed E-state index contributed by atoms with van der Waals surface area (Å²) in [5.74, 6) is -0.321. The predicted molar refractivity (Wildman–Crippen MR) is 70.1 cm³/mol. The van der Waals surface area contributed by atoms with E-state index in [0.29, 0.717) is 12.1 Å². The summed E-state index contributed by atoms with van der Waals surface area (Å²) in [4.78, 5) is 24.3. The van der Waals surface area contributed by atoms with E-state index in [1.54, 1.807) is 0 Å². The van der Waals surface area contributed by atoms with Crippen LogP contribution in [-0.4, -0.2) is 48.6 Å². The van der Waals surface area contributed by atoms with Gasteiger partial charge in [0, 0.05) is 12.1 Å². The van der Waals surface area contributed by atoms with E-state index >= 15 is 0 Å². The quantitative estimate of drug-likeness (QED) is 0.648. The van der Waals surface area contributed by atoms with E-state index in [2.05, 4.69) is 29.4 Å². The summed E-state index contributed by atoms with van der Waals surface area (Å²) in [6, 6.07) is -0.0951. The number of carbonyl (C=O) groups is 2. The summed E-state index contributed by atoms with van der Waals surface area (Å²) in [7, 11) is 0. The van der Waals surface area contributed by atoms with Crippen LogP contribution in [0.25, 0.3) is 0 Å². The highest BCUT2D eigenvalue weighted by molar-refractivity contribution is 5.94. The summed E-state index contributed by atoms with van der Waals surface area (Å²) >= 11 is 0. The van der Waals surface area contributed by atoms with Gasteiger partial charge in [0.05, 0.1) is 6.54 Å². The van der Waals surface area contributed by atoms with Crippen molar-refractivity contribution in [3.63, 3.8) is 0 Å². The molecule has 18 heavy (non-hydrogen) atoms. The van der Waals surface area contributed by atoms with Gasteiger partial charge in [0.25, 0.3) is 0 Å². The lowest BCUT2D eigenvalue weighted by Gasteiger charge is -2.39. The van der Waals surface area contributed by atoms with E-state index in [4.69, 9.17) is 5.73 Å². The zero-order chi connectivity index (χ0) is 13.5. The molecule has 0 aliphatic carbocycles. The van der Waals surface area contributed by atoms with Crippen LogP contribution in [0.4, 0.5) is 4.79 Å². The Bertz CT molecular complexity index is 296. The highest BCUT2D eigenvalue weighted by Crippen LogP contribution is 2.19. The van der Waals surface area contributed by atoms with E-state index in [9.17, 15) is 9.59 Å². The van der Waals surface area contributed by atoms with Gasteiger partial charge in [-0.05, 0) is 32.9 Å². The first kappa shape index (κ1) is 14.9. The molecule has 6 heteroatoms. The van der Waals surface area contributed by atoms with Crippen LogP contribution in [0, 0.1) is 0 Å². The number of nitrogens with one attached hydrogen (secondary N) is 2. The Morgan fingerprint density at radius 3 is 2.78 bits per heavy atom. The molecule has 1 fully saturated rings. The summed E-state index contributed by atoms with van der Waals surface area (Å²) in [5, 5.41) is 5.51. The molecule has 0 spiro atoms. The van der Waals surface area contributed by atoms with E-state index in [0.717, 1.165) is 25.9 Å². The number of amides is 3. The van der Waals surface area contributed by atoms with Crippen molar-refractivity contribution in [3.05, 3.63) is 0 Å². The molecular formula is C12H24N4O2. The Morgan fingerprint density at radius 1 is 1.44 bits per heavy atom. The molecule has 3 amide bonds. The van der Waals surface area contributed by atoms with Crippen molar-refractivity contribution in [2.75, 3.05) is 19.6 Å². The molecule has 1 heterocycles. The van der Waals surface area contributed by atoms with Crippen LogP contribution in [0.2, 0.25) is 0 Å². The van der Waals surface area contributed by atoms with Crippen LogP contribution < -0.4 is 16.4 Å². The van der Waals surface area contributed by atoms with Crippen LogP contribution in [0.15, 0.2) is 0 Å². The Balaban J connectivity index is 2.53. The minimum atomic E-state index is -0.784. The molecular weight excluding hydrogens is 232 g/mol. The predicted octanol–water partition coefficient (Wildman–Crippen LogP) is 0.0338. The Morgan fingerprint density at radius 2 is 2.17 bits per heavy atom. The lowest BCUT2D eigenvalue weighted by molar-refractivity contribution is -0.122. The van der Waals surface area contributed by atoms with Gasteiger partial charge in [0.1, 0.15) is 0 Å². The first-order chi connectivity index (χ1) is 8.54. The average molecular weight is 256 g/mol. The van der Waals surface area contributed by atoms with E-state index in [1.807, 2.05) is 0 Å². The summed E-state index contributed by atoms with van der Waals surface area (Å²) in [6.07, 6.45) is 3.37. The second-order valence-corrected chi connectivity index (χ2v) is 4.79. The van der Waals surface area contributed by atoms with Crippen LogP contribution in [0.3, 0.4) is 0 Å². The number of likely N-dealkylation sites (tertiary alicyclic amines) is 1. The highest BCUT2D eigenvalue weighted by Gasteiger charge is 2.28. The molecule has 4 N–H and O–H groups in total. The van der Waals surface area contributed by atoms with Crippen molar-refractivity contribution >= 4 is 11.9 Å². The van der Waals surface area contributed by atoms with Crippen LogP contribution >= 0.6 is 0 Å². The SMILES string of the molecule is CCNC(C)C1CCCCN1CC(=O)NC(N)=O. The first-order valence-corrected chi connectivity index (χ1v) is 6.61. The third-order valence-corrected chi connectivity index (χ3v) is 3.38. The molecule has 0 saturated carbocycles. The second kappa shape index (κ2) is 7.33. The Hall–Kier alpha value is -1.14. The number of likely N-dealkylation sites (N-methyl/N-ethyl adjacent to an activating group) is 1. The molecule has 2 unspecified atom stereocenters. The normalized spacial score (nSPS) is 22.4. The number of imide groups is 1. The zero-order valence-electron chi connectivity index (χ0n) is 11.2. The number of rotatable bonds is 5. The maximum absolute atomic E-state index is 11.6. The largest absolute Gasteiger partial charge is 0.351 e. The smallest absolute Gasteiger partial charge is 0.318 e. The van der Waals surface area contributed by atoms with Crippen molar-refractivity contribution < 1.29 is 9.59 Å². The highest BCUT2D eigenvalue weighted by atomic mass is 16.2. The molecule has 0 radical (unpaired) electrons. The van der Waals surface area contributed by atoms with Crippen LogP contribution in [0.1, 0.15) is 33.1 Å². The molecule has 1 rings (SSSR count). The van der Waals surface area contributed by atoms with Gasteiger partial charge in [0.2, 0.25) is 5.91 Å². The Labute approximate surface area is 108 Å². The van der Waals surface area contributed by atoms with Crippen molar-refractivity contribution in [1.82, 2.24) is 15.5 Å². The van der Waals surface area contributed by atoms with Gasteiger partial charge in [-0.15, -0.1) is 0 Å². The third-order valence-electron chi connectivity index (χ3n) is 3.38. The number of nitrogens with two attached hydrogens (primary N) is 1. The van der Waals surface area contributed by atoms with Crippen LogP contribution in [-0.2, 0) is 4.79 Å². The first-order valence-electron chi connectivity index (χ1n) is 6.61. The molecule has 0 bridgehead atoms. The molecule has 0 aromatic carbocycles. The van der Waals surface area contributed by atoms with Gasteiger partial charge in [-0.25, -0.2) is 4.79 Å². The van der Waals surface area contributed by atoms with Gasteiger partial charge < -0.3 is 11.1 Å². The molecule has 0 aromatic rings. The van der Waals surface area contributed by atoms with Gasteiger partial charge in [-0.2, -0.15) is 0 Å². The average Bonchev–Trinajstić information content (AvgIpc) is 2.28. The van der Waals surface area contributed by atoms with Gasteiger partial charge in [-0.1, -0.05) is 13.3 Å². The number of hydrogen-bond donors (Lipinski definition) is 3. The minimum absolute atomic E-state index is 0.239. The second-order valence-electron chi connectivity index (χ2n) is 4.79. The maximum atomic E-state index is 11.6. The van der Waals surface area contributed by atoms with Crippen molar-refractivity contribution in [3.8, 4) is 0 Å². The standard InChI is InChI=1S/C12H24N4O2/c1-3-14-9(2)10-6-4-5-7-16(10)8-11(17)15-12(13)18/h9-10,14H,3-8H2,1-2H3,(H3,13,15,17,18). The molecule has 2 atom stereocenters. The number of urea groups is 1. The fourth-order valence-corrected chi connectivity index (χ4v) is 2.60. The molecule has 1 aliphatic heterocycles. The lowest BCUT2D eigenvalue weighted by atomic mass is 9.96. The summed E-state index contributed by atoms with van der Waals surface area (Å²) < 4.78 is 0. The number of hydrogen-bond acceptors (Lipinski definition) is 4. The molecule has 1 aliphatic rings. The van der Waals surface area contributed by atoms with Gasteiger partial charge >= 0.3 is 6.03 Å². The number of carbonyl (C=O) groups excluding carboxylic acids is 2. The number of primary amides is 1. The minimum Gasteiger partial charge on any atom is -0.351 e. The summed E-state index contributed by atoms with van der Waals surface area (Å²) in [6.45, 7) is 6.26. The monoisotopic (exact) mass is 256 g/mol. The van der Waals surface area contributed by atoms with E-state index in [-0.39, 0.29) is 12.5 Å². The van der Waals surface area contributed by atoms with E-state index in [1.165, 1.54) is 6.42 Å².